The Morgan fingerprint density at radius 3 is 2.74 bits per heavy atom. The largest absolute Gasteiger partial charge is 0.363 e. The molecule has 1 amide bonds. The summed E-state index contributed by atoms with van der Waals surface area (Å²) < 4.78 is 5.58. The van der Waals surface area contributed by atoms with E-state index in [1.165, 1.54) is 0 Å². The van der Waals surface area contributed by atoms with Gasteiger partial charge >= 0.3 is 0 Å². The predicted molar refractivity (Wildman–Crippen MR) is 71.5 cm³/mol. The molecule has 2 unspecified atom stereocenters. The summed E-state index contributed by atoms with van der Waals surface area (Å²) in [5.74, 6) is -0.109. The number of ether oxygens (including phenoxy) is 1. The minimum Gasteiger partial charge on any atom is -0.363 e. The summed E-state index contributed by atoms with van der Waals surface area (Å²) in [4.78, 5) is 25.0. The van der Waals surface area contributed by atoms with Crippen molar-refractivity contribution < 1.29 is 14.3 Å². The van der Waals surface area contributed by atoms with Crippen molar-refractivity contribution in [2.24, 2.45) is 0 Å². The zero-order chi connectivity index (χ0) is 13.9. The van der Waals surface area contributed by atoms with Gasteiger partial charge in [-0.2, -0.15) is 0 Å². The second kappa shape index (κ2) is 5.53. The number of carbonyl (C=O) groups excluding carboxylic acids is 2. The number of nitrogens with zero attached hydrogens (tertiary/aromatic N) is 1. The van der Waals surface area contributed by atoms with Gasteiger partial charge in [0.25, 0.3) is 5.91 Å². The van der Waals surface area contributed by atoms with E-state index in [-0.39, 0.29) is 18.4 Å². The molecule has 0 aliphatic carbocycles. The van der Waals surface area contributed by atoms with Gasteiger partial charge in [0.1, 0.15) is 6.29 Å². The van der Waals surface area contributed by atoms with Crippen LogP contribution in [-0.2, 0) is 20.9 Å². The molecule has 1 aromatic rings. The van der Waals surface area contributed by atoms with E-state index >= 15 is 0 Å². The summed E-state index contributed by atoms with van der Waals surface area (Å²) in [6.45, 7) is 4.66. The second-order valence-corrected chi connectivity index (χ2v) is 5.18. The number of aldehydes is 1. The lowest BCUT2D eigenvalue weighted by Gasteiger charge is -2.42. The Morgan fingerprint density at radius 2 is 2.11 bits per heavy atom. The minimum atomic E-state index is -1.01. The first kappa shape index (κ1) is 13.7. The normalized spacial score (nSPS) is 27.4. The van der Waals surface area contributed by atoms with Crippen LogP contribution >= 0.6 is 0 Å². The number of hydrogen-bond donors (Lipinski definition) is 0. The van der Waals surface area contributed by atoms with E-state index in [1.807, 2.05) is 37.3 Å². The zero-order valence-corrected chi connectivity index (χ0v) is 11.3. The summed E-state index contributed by atoms with van der Waals surface area (Å²) >= 11 is 0. The van der Waals surface area contributed by atoms with Gasteiger partial charge in [0.15, 0.2) is 5.60 Å². The molecular weight excluding hydrogens is 242 g/mol. The number of morpholine rings is 1. The summed E-state index contributed by atoms with van der Waals surface area (Å²) in [6, 6.07) is 9.86. The highest BCUT2D eigenvalue weighted by Gasteiger charge is 2.43. The summed E-state index contributed by atoms with van der Waals surface area (Å²) in [7, 11) is 0. The van der Waals surface area contributed by atoms with Gasteiger partial charge in [-0.1, -0.05) is 30.3 Å². The fraction of sp³-hybridized carbons (Fsp3) is 0.467. The highest BCUT2D eigenvalue weighted by molar-refractivity contribution is 5.88. The van der Waals surface area contributed by atoms with Gasteiger partial charge in [0.2, 0.25) is 0 Å². The predicted octanol–water partition coefficient (Wildman–Crippen LogP) is 1.78. The van der Waals surface area contributed by atoms with E-state index in [4.69, 9.17) is 4.74 Å². The molecule has 0 aromatic heterocycles. The van der Waals surface area contributed by atoms with E-state index in [1.54, 1.807) is 11.8 Å². The van der Waals surface area contributed by atoms with Crippen molar-refractivity contribution in [2.45, 2.75) is 38.5 Å². The average Bonchev–Trinajstić information content (AvgIpc) is 2.41. The number of benzene rings is 1. The SMILES string of the molecule is CC1COC(C)(CC=O)C(=O)N1Cc1ccccc1. The van der Waals surface area contributed by atoms with Crippen LogP contribution in [0.2, 0.25) is 0 Å². The van der Waals surface area contributed by atoms with E-state index in [9.17, 15) is 9.59 Å². The molecule has 1 heterocycles. The van der Waals surface area contributed by atoms with Crippen molar-refractivity contribution in [2.75, 3.05) is 6.61 Å². The Morgan fingerprint density at radius 1 is 1.42 bits per heavy atom. The first-order chi connectivity index (χ1) is 9.07. The van der Waals surface area contributed by atoms with Crippen molar-refractivity contribution in [1.82, 2.24) is 4.90 Å². The van der Waals surface area contributed by atoms with Crippen LogP contribution in [0.1, 0.15) is 25.8 Å². The van der Waals surface area contributed by atoms with Crippen LogP contribution in [0, 0.1) is 0 Å². The maximum absolute atomic E-state index is 12.5. The fourth-order valence-electron chi connectivity index (χ4n) is 2.27. The van der Waals surface area contributed by atoms with E-state index in [0.29, 0.717) is 13.2 Å². The highest BCUT2D eigenvalue weighted by Crippen LogP contribution is 2.26. The molecule has 1 aliphatic rings. The van der Waals surface area contributed by atoms with Crippen molar-refractivity contribution in [3.63, 3.8) is 0 Å². The summed E-state index contributed by atoms with van der Waals surface area (Å²) in [6.07, 6.45) is 0.846. The first-order valence-electron chi connectivity index (χ1n) is 6.49. The second-order valence-electron chi connectivity index (χ2n) is 5.18. The topological polar surface area (TPSA) is 46.6 Å². The van der Waals surface area contributed by atoms with Crippen molar-refractivity contribution in [1.29, 1.82) is 0 Å². The molecule has 102 valence electrons. The summed E-state index contributed by atoms with van der Waals surface area (Å²) in [5.41, 5.74) is 0.0707. The molecule has 1 aromatic carbocycles. The van der Waals surface area contributed by atoms with Gasteiger partial charge in [0.05, 0.1) is 12.6 Å². The van der Waals surface area contributed by atoms with Crippen molar-refractivity contribution in [3.8, 4) is 0 Å². The smallest absolute Gasteiger partial charge is 0.255 e. The van der Waals surface area contributed by atoms with Gasteiger partial charge in [-0.3, -0.25) is 4.79 Å². The molecule has 1 saturated heterocycles. The zero-order valence-electron chi connectivity index (χ0n) is 11.3. The van der Waals surface area contributed by atoms with Gasteiger partial charge in [-0.15, -0.1) is 0 Å². The summed E-state index contributed by atoms with van der Waals surface area (Å²) in [5, 5.41) is 0. The minimum absolute atomic E-state index is 0.0208. The molecule has 0 N–H and O–H groups in total. The van der Waals surface area contributed by atoms with Crippen LogP contribution in [0.15, 0.2) is 30.3 Å². The quantitative estimate of drug-likeness (QED) is 0.776. The number of amides is 1. The Kier molecular flexibility index (Phi) is 4.00. The maximum atomic E-state index is 12.5. The first-order valence-corrected chi connectivity index (χ1v) is 6.49. The molecule has 19 heavy (non-hydrogen) atoms. The maximum Gasteiger partial charge on any atom is 0.255 e. The van der Waals surface area contributed by atoms with E-state index < -0.39 is 5.60 Å². The molecule has 0 bridgehead atoms. The lowest BCUT2D eigenvalue weighted by Crippen LogP contribution is -2.58. The fourth-order valence-corrected chi connectivity index (χ4v) is 2.27. The van der Waals surface area contributed by atoms with Crippen LogP contribution < -0.4 is 0 Å². The van der Waals surface area contributed by atoms with E-state index in [0.717, 1.165) is 11.8 Å². The number of rotatable bonds is 4. The monoisotopic (exact) mass is 261 g/mol. The van der Waals surface area contributed by atoms with Gasteiger partial charge in [-0.25, -0.2) is 0 Å². The van der Waals surface area contributed by atoms with Crippen LogP contribution in [0.3, 0.4) is 0 Å². The standard InChI is InChI=1S/C15H19NO3/c1-12-11-19-15(2,8-9-17)14(18)16(12)10-13-6-4-3-5-7-13/h3-7,9,12H,8,10-11H2,1-2H3. The molecule has 4 heteroatoms. The Balaban J connectivity index is 2.17. The third-order valence-electron chi connectivity index (χ3n) is 3.56. The highest BCUT2D eigenvalue weighted by atomic mass is 16.5. The number of hydrogen-bond acceptors (Lipinski definition) is 3. The molecule has 0 spiro atoms. The molecular formula is C15H19NO3. The van der Waals surface area contributed by atoms with Crippen LogP contribution in [-0.4, -0.2) is 35.3 Å². The molecule has 2 atom stereocenters. The van der Waals surface area contributed by atoms with Crippen LogP contribution in [0.5, 0.6) is 0 Å². The number of carbonyl (C=O) groups is 2. The molecule has 4 nitrogen and oxygen atoms in total. The Bertz CT molecular complexity index is 460. The lowest BCUT2D eigenvalue weighted by atomic mass is 9.97. The molecule has 1 aliphatic heterocycles. The van der Waals surface area contributed by atoms with E-state index in [2.05, 4.69) is 0 Å². The Labute approximate surface area is 113 Å². The van der Waals surface area contributed by atoms with Gasteiger partial charge < -0.3 is 14.4 Å². The average molecular weight is 261 g/mol. The lowest BCUT2D eigenvalue weighted by molar-refractivity contribution is -0.178. The van der Waals surface area contributed by atoms with Crippen LogP contribution in [0.25, 0.3) is 0 Å². The van der Waals surface area contributed by atoms with Crippen LogP contribution in [0.4, 0.5) is 0 Å². The third kappa shape index (κ3) is 2.84. The van der Waals surface area contributed by atoms with Crippen molar-refractivity contribution in [3.05, 3.63) is 35.9 Å². The molecule has 2 rings (SSSR count). The molecule has 0 radical (unpaired) electrons. The third-order valence-corrected chi connectivity index (χ3v) is 3.56. The Hall–Kier alpha value is -1.68. The van der Waals surface area contributed by atoms with Gasteiger partial charge in [0, 0.05) is 13.0 Å². The van der Waals surface area contributed by atoms with Crippen molar-refractivity contribution >= 4 is 12.2 Å². The van der Waals surface area contributed by atoms with Gasteiger partial charge in [-0.05, 0) is 19.4 Å². The molecule has 1 fully saturated rings. The molecule has 0 saturated carbocycles.